The maximum absolute atomic E-state index is 13.6. The minimum atomic E-state index is -4.76. The molecule has 1 unspecified atom stereocenters. The summed E-state index contributed by atoms with van der Waals surface area (Å²) in [7, 11) is 0. The Bertz CT molecular complexity index is 979. The Balaban J connectivity index is 1.63. The Hall–Kier alpha value is -3.08. The summed E-state index contributed by atoms with van der Waals surface area (Å²) in [4.78, 5) is 36.4. The van der Waals surface area contributed by atoms with Gasteiger partial charge in [-0.25, -0.2) is 9.37 Å². The van der Waals surface area contributed by atoms with E-state index in [9.17, 15) is 27.2 Å². The number of nitrogens with zero attached hydrogens (tertiary/aromatic N) is 4. The summed E-state index contributed by atoms with van der Waals surface area (Å²) in [6.07, 6.45) is 2.24. The summed E-state index contributed by atoms with van der Waals surface area (Å²) in [5, 5.41) is 2.87. The third kappa shape index (κ3) is 6.49. The molecule has 11 heteroatoms. The van der Waals surface area contributed by atoms with Gasteiger partial charge in [-0.15, -0.1) is 0 Å². The lowest BCUT2D eigenvalue weighted by Crippen LogP contribution is -2.54. The van der Waals surface area contributed by atoms with Crippen molar-refractivity contribution in [2.45, 2.75) is 38.4 Å². The van der Waals surface area contributed by atoms with Crippen molar-refractivity contribution in [3.05, 3.63) is 59.4 Å². The fraction of sp³-hybridized carbons (Fsp3) is 0.478. The number of carbonyl (C=O) groups excluding carboxylic acids is 2. The fourth-order valence-electron chi connectivity index (χ4n) is 3.97. The van der Waals surface area contributed by atoms with Crippen LogP contribution in [0.3, 0.4) is 0 Å². The van der Waals surface area contributed by atoms with Crippen molar-refractivity contribution in [2.75, 3.05) is 32.7 Å². The smallest absolute Gasteiger partial charge is 0.349 e. The molecule has 1 aromatic carbocycles. The number of amides is 2. The van der Waals surface area contributed by atoms with Crippen LogP contribution in [0.25, 0.3) is 0 Å². The summed E-state index contributed by atoms with van der Waals surface area (Å²) >= 11 is 0. The van der Waals surface area contributed by atoms with Crippen LogP contribution >= 0.6 is 0 Å². The van der Waals surface area contributed by atoms with E-state index in [4.69, 9.17) is 0 Å². The Labute approximate surface area is 195 Å². The Kier molecular flexibility index (Phi) is 8.54. The SMILES string of the molecule is CCCCC(CNC(=O)c1cnccn1)N1CCN(C(=O)c2cc(F)ccc2C(F)(F)F)CC1. The van der Waals surface area contributed by atoms with E-state index in [2.05, 4.69) is 27.1 Å². The number of alkyl halides is 3. The molecule has 0 saturated carbocycles. The third-order valence-corrected chi connectivity index (χ3v) is 5.82. The highest BCUT2D eigenvalue weighted by molar-refractivity contribution is 5.96. The first-order valence-corrected chi connectivity index (χ1v) is 11.1. The highest BCUT2D eigenvalue weighted by Crippen LogP contribution is 2.33. The number of halogens is 4. The second kappa shape index (κ2) is 11.4. The summed E-state index contributed by atoms with van der Waals surface area (Å²) in [6, 6.07) is 1.94. The molecule has 0 radical (unpaired) electrons. The van der Waals surface area contributed by atoms with Gasteiger partial charge in [-0.05, 0) is 24.6 Å². The molecular formula is C23H27F4N5O2. The molecule has 1 aliphatic rings. The zero-order valence-corrected chi connectivity index (χ0v) is 18.8. The molecule has 1 saturated heterocycles. The quantitative estimate of drug-likeness (QED) is 0.585. The lowest BCUT2D eigenvalue weighted by atomic mass is 10.0. The first-order valence-electron chi connectivity index (χ1n) is 11.1. The van der Waals surface area contributed by atoms with Gasteiger partial charge in [-0.3, -0.25) is 19.5 Å². The van der Waals surface area contributed by atoms with E-state index < -0.39 is 29.0 Å². The predicted molar refractivity (Wildman–Crippen MR) is 117 cm³/mol. The van der Waals surface area contributed by atoms with Crippen molar-refractivity contribution in [3.8, 4) is 0 Å². The molecule has 0 spiro atoms. The average molecular weight is 481 g/mol. The molecule has 2 aromatic rings. The standard InChI is InChI=1S/C23H27F4N5O2/c1-2-3-4-17(14-30-21(33)20-15-28-7-8-29-20)31-9-11-32(12-10-31)22(34)18-13-16(24)5-6-19(18)23(25,26)27/h5-8,13,15,17H,2-4,9-12,14H2,1H3,(H,30,33). The minimum Gasteiger partial charge on any atom is -0.349 e. The van der Waals surface area contributed by atoms with Gasteiger partial charge in [-0.2, -0.15) is 13.2 Å². The second-order valence-electron chi connectivity index (χ2n) is 8.11. The fourth-order valence-corrected chi connectivity index (χ4v) is 3.97. The maximum atomic E-state index is 13.6. The zero-order chi connectivity index (χ0) is 24.7. The van der Waals surface area contributed by atoms with Crippen molar-refractivity contribution in [1.82, 2.24) is 25.1 Å². The van der Waals surface area contributed by atoms with Gasteiger partial charge in [0.15, 0.2) is 0 Å². The summed E-state index contributed by atoms with van der Waals surface area (Å²) in [6.45, 7) is 3.69. The van der Waals surface area contributed by atoms with Crippen LogP contribution in [0.2, 0.25) is 0 Å². The van der Waals surface area contributed by atoms with Crippen molar-refractivity contribution in [1.29, 1.82) is 0 Å². The summed E-state index contributed by atoms with van der Waals surface area (Å²) in [5.74, 6) is -2.07. The van der Waals surface area contributed by atoms with Gasteiger partial charge in [0.2, 0.25) is 0 Å². The lowest BCUT2D eigenvalue weighted by molar-refractivity contribution is -0.138. The molecule has 7 nitrogen and oxygen atoms in total. The molecule has 1 atom stereocenters. The van der Waals surface area contributed by atoms with Crippen LogP contribution in [-0.4, -0.2) is 70.3 Å². The summed E-state index contributed by atoms with van der Waals surface area (Å²) < 4.78 is 53.6. The molecule has 0 aliphatic carbocycles. The van der Waals surface area contributed by atoms with Crippen molar-refractivity contribution < 1.29 is 27.2 Å². The molecular weight excluding hydrogens is 454 g/mol. The minimum absolute atomic E-state index is 0.00210. The van der Waals surface area contributed by atoms with Gasteiger partial charge in [0, 0.05) is 51.2 Å². The van der Waals surface area contributed by atoms with E-state index in [1.54, 1.807) is 0 Å². The maximum Gasteiger partial charge on any atom is 0.417 e. The number of hydrogen-bond donors (Lipinski definition) is 1. The molecule has 1 fully saturated rings. The average Bonchev–Trinajstić information content (AvgIpc) is 2.83. The van der Waals surface area contributed by atoms with Crippen LogP contribution in [0, 0.1) is 5.82 Å². The molecule has 3 rings (SSSR count). The number of aromatic nitrogens is 2. The molecule has 2 heterocycles. The Morgan fingerprint density at radius 1 is 1.15 bits per heavy atom. The molecule has 1 aromatic heterocycles. The Morgan fingerprint density at radius 2 is 1.88 bits per heavy atom. The van der Waals surface area contributed by atoms with E-state index in [1.807, 2.05) is 0 Å². The van der Waals surface area contributed by atoms with E-state index in [1.165, 1.54) is 23.5 Å². The molecule has 184 valence electrons. The number of carbonyl (C=O) groups is 2. The molecule has 34 heavy (non-hydrogen) atoms. The Morgan fingerprint density at radius 3 is 2.50 bits per heavy atom. The van der Waals surface area contributed by atoms with Gasteiger partial charge in [0.05, 0.1) is 17.3 Å². The molecule has 0 bridgehead atoms. The van der Waals surface area contributed by atoms with Crippen molar-refractivity contribution >= 4 is 11.8 Å². The van der Waals surface area contributed by atoms with Gasteiger partial charge in [-0.1, -0.05) is 19.8 Å². The van der Waals surface area contributed by atoms with E-state index in [0.29, 0.717) is 37.8 Å². The largest absolute Gasteiger partial charge is 0.417 e. The molecule has 2 amide bonds. The predicted octanol–water partition coefficient (Wildman–Crippen LogP) is 3.38. The van der Waals surface area contributed by atoms with Gasteiger partial charge in [0.1, 0.15) is 11.5 Å². The van der Waals surface area contributed by atoms with Crippen LogP contribution in [0.1, 0.15) is 52.6 Å². The number of hydrogen-bond acceptors (Lipinski definition) is 5. The molecule has 1 aliphatic heterocycles. The van der Waals surface area contributed by atoms with Crippen molar-refractivity contribution in [3.63, 3.8) is 0 Å². The molecule has 1 N–H and O–H groups in total. The van der Waals surface area contributed by atoms with Crippen LogP contribution in [-0.2, 0) is 6.18 Å². The van der Waals surface area contributed by atoms with E-state index in [0.717, 1.165) is 19.3 Å². The normalized spacial score (nSPS) is 15.7. The van der Waals surface area contributed by atoms with Crippen LogP contribution < -0.4 is 5.32 Å². The number of piperazine rings is 1. The van der Waals surface area contributed by atoms with E-state index >= 15 is 0 Å². The van der Waals surface area contributed by atoms with Gasteiger partial charge >= 0.3 is 6.18 Å². The van der Waals surface area contributed by atoms with Crippen molar-refractivity contribution in [2.24, 2.45) is 0 Å². The second-order valence-corrected chi connectivity index (χ2v) is 8.11. The summed E-state index contributed by atoms with van der Waals surface area (Å²) in [5.41, 5.74) is -1.61. The van der Waals surface area contributed by atoms with Crippen LogP contribution in [0.5, 0.6) is 0 Å². The highest BCUT2D eigenvalue weighted by atomic mass is 19.4. The van der Waals surface area contributed by atoms with Crippen LogP contribution in [0.4, 0.5) is 17.6 Å². The van der Waals surface area contributed by atoms with Crippen LogP contribution in [0.15, 0.2) is 36.8 Å². The lowest BCUT2D eigenvalue weighted by Gasteiger charge is -2.39. The zero-order valence-electron chi connectivity index (χ0n) is 18.8. The van der Waals surface area contributed by atoms with Gasteiger partial charge in [0.25, 0.3) is 11.8 Å². The number of nitrogens with one attached hydrogen (secondary N) is 1. The number of unbranched alkanes of at least 4 members (excludes halogenated alkanes) is 1. The monoisotopic (exact) mass is 481 g/mol. The first kappa shape index (κ1) is 25.5. The third-order valence-electron chi connectivity index (χ3n) is 5.82. The van der Waals surface area contributed by atoms with E-state index in [-0.39, 0.29) is 30.7 Å². The highest BCUT2D eigenvalue weighted by Gasteiger charge is 2.37. The number of rotatable bonds is 8. The first-order chi connectivity index (χ1) is 16.2. The topological polar surface area (TPSA) is 78.4 Å². The number of benzene rings is 1. The van der Waals surface area contributed by atoms with Gasteiger partial charge < -0.3 is 10.2 Å².